The number of carbonyl (C=O) groups is 1. The number of imidazole rings is 1. The Labute approximate surface area is 153 Å². The molecule has 3 aromatic rings. The lowest BCUT2D eigenvalue weighted by Gasteiger charge is -2.02. The van der Waals surface area contributed by atoms with Gasteiger partial charge in [-0.3, -0.25) is 20.3 Å². The SMILES string of the molecule is Cn1c(-c2ccc(Cl)cc2)cn(CC(=O)c2cccc([N+](=O)[O-])c2)c1=N. The van der Waals surface area contributed by atoms with Crippen molar-refractivity contribution in [1.29, 1.82) is 5.41 Å². The number of Topliss-reactive ketones (excluding diaryl/α,β-unsaturated/α-hetero) is 1. The first-order chi connectivity index (χ1) is 12.4. The molecule has 0 amide bonds. The number of hydrogen-bond donors (Lipinski definition) is 1. The number of halogens is 1. The molecule has 0 bridgehead atoms. The summed E-state index contributed by atoms with van der Waals surface area (Å²) in [4.78, 5) is 22.8. The number of ketones is 1. The van der Waals surface area contributed by atoms with E-state index in [9.17, 15) is 14.9 Å². The zero-order valence-electron chi connectivity index (χ0n) is 13.8. The first kappa shape index (κ1) is 17.6. The Balaban J connectivity index is 1.91. The summed E-state index contributed by atoms with van der Waals surface area (Å²) in [6, 6.07) is 12.8. The maximum atomic E-state index is 12.5. The van der Waals surface area contributed by atoms with Crippen LogP contribution in [0.15, 0.2) is 54.7 Å². The summed E-state index contributed by atoms with van der Waals surface area (Å²) in [6.07, 6.45) is 1.71. The number of aromatic nitrogens is 2. The Hall–Kier alpha value is -3.19. The van der Waals surface area contributed by atoms with Gasteiger partial charge in [0.25, 0.3) is 5.69 Å². The maximum absolute atomic E-state index is 12.5. The topological polar surface area (TPSA) is 93.9 Å². The number of rotatable bonds is 5. The van der Waals surface area contributed by atoms with Crippen LogP contribution in [-0.2, 0) is 13.6 Å². The van der Waals surface area contributed by atoms with Crippen molar-refractivity contribution in [2.45, 2.75) is 6.54 Å². The van der Waals surface area contributed by atoms with Gasteiger partial charge in [0.2, 0.25) is 5.62 Å². The minimum atomic E-state index is -0.541. The molecule has 0 spiro atoms. The molecule has 1 aromatic heterocycles. The average Bonchev–Trinajstić information content (AvgIpc) is 2.91. The monoisotopic (exact) mass is 370 g/mol. The molecule has 0 saturated heterocycles. The van der Waals surface area contributed by atoms with Crippen molar-refractivity contribution < 1.29 is 9.72 Å². The van der Waals surface area contributed by atoms with Crippen LogP contribution in [0.3, 0.4) is 0 Å². The molecular formula is C18H15ClN4O3. The molecule has 0 unspecified atom stereocenters. The van der Waals surface area contributed by atoms with Gasteiger partial charge in [0.1, 0.15) is 0 Å². The fourth-order valence-electron chi connectivity index (χ4n) is 2.65. The number of hydrogen-bond acceptors (Lipinski definition) is 4. The number of nitrogens with zero attached hydrogens (tertiary/aromatic N) is 3. The third kappa shape index (κ3) is 3.43. The Kier molecular flexibility index (Phi) is 4.73. The third-order valence-corrected chi connectivity index (χ3v) is 4.31. The van der Waals surface area contributed by atoms with Crippen molar-refractivity contribution in [3.63, 3.8) is 0 Å². The predicted molar refractivity (Wildman–Crippen MR) is 97.1 cm³/mol. The van der Waals surface area contributed by atoms with Crippen molar-refractivity contribution in [2.24, 2.45) is 7.05 Å². The molecular weight excluding hydrogens is 356 g/mol. The highest BCUT2D eigenvalue weighted by atomic mass is 35.5. The van der Waals surface area contributed by atoms with E-state index in [-0.39, 0.29) is 29.2 Å². The molecule has 0 aliphatic heterocycles. The summed E-state index contributed by atoms with van der Waals surface area (Å²) in [6.45, 7) is -0.0819. The molecule has 8 heteroatoms. The van der Waals surface area contributed by atoms with Crippen molar-refractivity contribution in [3.05, 3.63) is 81.0 Å². The molecule has 7 nitrogen and oxygen atoms in total. The Bertz CT molecular complexity index is 1050. The number of nitro benzene ring substituents is 1. The van der Waals surface area contributed by atoms with Gasteiger partial charge < -0.3 is 9.13 Å². The number of non-ortho nitro benzene ring substituents is 1. The van der Waals surface area contributed by atoms with Crippen LogP contribution in [-0.4, -0.2) is 19.8 Å². The largest absolute Gasteiger partial charge is 0.314 e. The van der Waals surface area contributed by atoms with Gasteiger partial charge in [-0.1, -0.05) is 35.9 Å². The summed E-state index contributed by atoms with van der Waals surface area (Å²) >= 11 is 5.91. The highest BCUT2D eigenvalue weighted by molar-refractivity contribution is 6.30. The summed E-state index contributed by atoms with van der Waals surface area (Å²) in [5.41, 5.74) is 1.88. The third-order valence-electron chi connectivity index (χ3n) is 4.06. The lowest BCUT2D eigenvalue weighted by atomic mass is 10.1. The van der Waals surface area contributed by atoms with E-state index in [4.69, 9.17) is 17.0 Å². The van der Waals surface area contributed by atoms with E-state index in [1.807, 2.05) is 12.1 Å². The van der Waals surface area contributed by atoms with E-state index in [1.54, 1.807) is 29.9 Å². The van der Waals surface area contributed by atoms with Gasteiger partial charge in [0.05, 0.1) is 17.2 Å². The lowest BCUT2D eigenvalue weighted by molar-refractivity contribution is -0.384. The van der Waals surface area contributed by atoms with E-state index >= 15 is 0 Å². The smallest absolute Gasteiger partial charge is 0.270 e. The maximum Gasteiger partial charge on any atom is 0.270 e. The van der Waals surface area contributed by atoms with Crippen molar-refractivity contribution in [1.82, 2.24) is 9.13 Å². The quantitative estimate of drug-likeness (QED) is 0.423. The van der Waals surface area contributed by atoms with Gasteiger partial charge in [-0.15, -0.1) is 0 Å². The van der Waals surface area contributed by atoms with Crippen LogP contribution in [0, 0.1) is 15.5 Å². The predicted octanol–water partition coefficient (Wildman–Crippen LogP) is 3.42. The van der Waals surface area contributed by atoms with E-state index in [0.29, 0.717) is 5.02 Å². The second-order valence-electron chi connectivity index (χ2n) is 5.76. The molecule has 0 fully saturated rings. The van der Waals surface area contributed by atoms with Gasteiger partial charge >= 0.3 is 0 Å². The highest BCUT2D eigenvalue weighted by Crippen LogP contribution is 2.20. The zero-order valence-corrected chi connectivity index (χ0v) is 14.6. The van der Waals surface area contributed by atoms with Crippen LogP contribution >= 0.6 is 11.6 Å². The first-order valence-electron chi connectivity index (χ1n) is 7.71. The second kappa shape index (κ2) is 6.97. The normalized spacial score (nSPS) is 10.7. The van der Waals surface area contributed by atoms with Gasteiger partial charge in [-0.25, -0.2) is 0 Å². The summed E-state index contributed by atoms with van der Waals surface area (Å²) in [5.74, 6) is -0.305. The number of nitrogens with one attached hydrogen (secondary N) is 1. The van der Waals surface area contributed by atoms with Crippen molar-refractivity contribution in [2.75, 3.05) is 0 Å². The average molecular weight is 371 g/mol. The number of benzene rings is 2. The van der Waals surface area contributed by atoms with Crippen LogP contribution in [0.1, 0.15) is 10.4 Å². The molecule has 0 aliphatic carbocycles. The summed E-state index contributed by atoms with van der Waals surface area (Å²) < 4.78 is 3.16. The molecule has 1 heterocycles. The molecule has 132 valence electrons. The summed E-state index contributed by atoms with van der Waals surface area (Å²) in [7, 11) is 1.74. The Morgan fingerprint density at radius 3 is 2.58 bits per heavy atom. The van der Waals surface area contributed by atoms with E-state index in [0.717, 1.165) is 11.3 Å². The van der Waals surface area contributed by atoms with Crippen LogP contribution in [0.5, 0.6) is 0 Å². The zero-order chi connectivity index (χ0) is 18.8. The van der Waals surface area contributed by atoms with E-state index in [1.165, 1.54) is 28.8 Å². The Morgan fingerprint density at radius 1 is 1.23 bits per heavy atom. The minimum Gasteiger partial charge on any atom is -0.314 e. The molecule has 26 heavy (non-hydrogen) atoms. The molecule has 0 atom stereocenters. The van der Waals surface area contributed by atoms with Crippen LogP contribution in [0.2, 0.25) is 5.02 Å². The van der Waals surface area contributed by atoms with Gasteiger partial charge in [-0.05, 0) is 17.7 Å². The van der Waals surface area contributed by atoms with Crippen LogP contribution in [0.25, 0.3) is 11.3 Å². The molecule has 1 N–H and O–H groups in total. The molecule has 2 aromatic carbocycles. The number of nitro groups is 1. The standard InChI is InChI=1S/C18H15ClN4O3/c1-21-16(12-5-7-14(19)8-6-12)10-22(18(21)20)11-17(24)13-3-2-4-15(9-13)23(25)26/h2-10,20H,11H2,1H3. The van der Waals surface area contributed by atoms with E-state index < -0.39 is 4.92 Å². The highest BCUT2D eigenvalue weighted by Gasteiger charge is 2.15. The molecule has 0 radical (unpaired) electrons. The fraction of sp³-hybridized carbons (Fsp3) is 0.111. The van der Waals surface area contributed by atoms with Gasteiger partial charge in [-0.2, -0.15) is 0 Å². The fourth-order valence-corrected chi connectivity index (χ4v) is 2.78. The van der Waals surface area contributed by atoms with Crippen LogP contribution in [0.4, 0.5) is 5.69 Å². The molecule has 3 rings (SSSR count). The van der Waals surface area contributed by atoms with Gasteiger partial charge in [0.15, 0.2) is 5.78 Å². The minimum absolute atomic E-state index is 0.0819. The molecule has 0 aliphatic rings. The van der Waals surface area contributed by atoms with Crippen LogP contribution < -0.4 is 5.62 Å². The first-order valence-corrected chi connectivity index (χ1v) is 8.09. The van der Waals surface area contributed by atoms with Crippen molar-refractivity contribution in [3.8, 4) is 11.3 Å². The second-order valence-corrected chi connectivity index (χ2v) is 6.20. The number of carbonyl (C=O) groups excluding carboxylic acids is 1. The van der Waals surface area contributed by atoms with Crippen molar-refractivity contribution >= 4 is 23.1 Å². The Morgan fingerprint density at radius 2 is 1.92 bits per heavy atom. The van der Waals surface area contributed by atoms with Gasteiger partial charge in [0, 0.05) is 36.0 Å². The lowest BCUT2D eigenvalue weighted by Crippen LogP contribution is -2.25. The summed E-state index contributed by atoms with van der Waals surface area (Å²) in [5, 5.41) is 19.7. The van der Waals surface area contributed by atoms with E-state index in [2.05, 4.69) is 0 Å². The molecule has 0 saturated carbocycles.